The molecule has 230 valence electrons. The molecule has 1 aliphatic rings. The number of allylic oxidation sites excluding steroid dienone is 1. The van der Waals surface area contributed by atoms with Crippen LogP contribution in [0.4, 0.5) is 14.6 Å². The predicted octanol–water partition coefficient (Wildman–Crippen LogP) is 4.93. The summed E-state index contributed by atoms with van der Waals surface area (Å²) in [5.74, 6) is -2.72. The molecule has 1 aliphatic heterocycles. The third kappa shape index (κ3) is 5.53. The molecule has 4 heterocycles. The number of pyridine rings is 2. The fourth-order valence-electron chi connectivity index (χ4n) is 5.72. The number of hydrogen-bond acceptors (Lipinski definition) is 8. The Bertz CT molecular complexity index is 1940. The number of hydrogen-bond donors (Lipinski definition) is 1. The van der Waals surface area contributed by atoms with Crippen LogP contribution in [-0.2, 0) is 4.79 Å². The number of aromatic hydroxyl groups is 1. The van der Waals surface area contributed by atoms with Crippen LogP contribution < -0.4 is 10.6 Å². The van der Waals surface area contributed by atoms with Gasteiger partial charge in [0.1, 0.15) is 23.1 Å². The summed E-state index contributed by atoms with van der Waals surface area (Å²) in [5, 5.41) is 19.8. The van der Waals surface area contributed by atoms with Crippen molar-refractivity contribution in [2.45, 2.75) is 45.7 Å². The molecule has 3 aromatic heterocycles. The maximum Gasteiger partial charge on any atom is 0.355 e. The summed E-state index contributed by atoms with van der Waals surface area (Å²) < 4.78 is 32.2. The van der Waals surface area contributed by atoms with E-state index < -0.39 is 46.4 Å². The second kappa shape index (κ2) is 12.3. The predicted molar refractivity (Wildman–Crippen MR) is 166 cm³/mol. The molecule has 10 nitrogen and oxygen atoms in total. The Morgan fingerprint density at radius 3 is 2.62 bits per heavy atom. The number of piperazine rings is 1. The molecular weight excluding hydrogens is 580 g/mol. The lowest BCUT2D eigenvalue weighted by Crippen LogP contribution is -2.58. The van der Waals surface area contributed by atoms with Gasteiger partial charge in [0, 0.05) is 31.4 Å². The molecule has 0 spiro atoms. The highest BCUT2D eigenvalue weighted by atomic mass is 19.1. The van der Waals surface area contributed by atoms with Crippen molar-refractivity contribution in [3.63, 3.8) is 0 Å². The fourth-order valence-corrected chi connectivity index (χ4v) is 5.72. The molecular formula is C33H31F2N7O3. The Balaban J connectivity index is 1.84. The number of phenolic OH excluding ortho intramolecular Hbond substituents is 1. The summed E-state index contributed by atoms with van der Waals surface area (Å²) in [4.78, 5) is 43.5. The van der Waals surface area contributed by atoms with Gasteiger partial charge in [0.2, 0.25) is 5.91 Å². The fraction of sp³-hybridized carbons (Fsp3) is 0.273. The number of benzene rings is 1. The number of nitrogens with zero attached hydrogens (tertiary/aromatic N) is 7. The number of fused-ring (bicyclic) bond motifs is 1. The molecule has 0 bridgehead atoms. The molecule has 1 saturated heterocycles. The first-order valence-corrected chi connectivity index (χ1v) is 14.3. The van der Waals surface area contributed by atoms with Crippen LogP contribution in [0.2, 0.25) is 0 Å². The molecule has 2 atom stereocenters. The summed E-state index contributed by atoms with van der Waals surface area (Å²) in [6.45, 7) is 11.3. The average Bonchev–Trinajstić information content (AvgIpc) is 3.00. The van der Waals surface area contributed by atoms with Gasteiger partial charge in [-0.3, -0.25) is 9.78 Å². The number of amides is 1. The highest BCUT2D eigenvalue weighted by Crippen LogP contribution is 2.37. The number of rotatable bonds is 6. The molecule has 1 unspecified atom stereocenters. The molecule has 0 saturated carbocycles. The summed E-state index contributed by atoms with van der Waals surface area (Å²) >= 11 is 0. The third-order valence-corrected chi connectivity index (χ3v) is 7.85. The molecule has 12 heteroatoms. The highest BCUT2D eigenvalue weighted by Gasteiger charge is 2.35. The number of nitriles is 1. The Morgan fingerprint density at radius 1 is 1.20 bits per heavy atom. The van der Waals surface area contributed by atoms with Crippen LogP contribution in [0.1, 0.15) is 37.9 Å². The van der Waals surface area contributed by atoms with Gasteiger partial charge in [0.15, 0.2) is 11.5 Å². The molecule has 4 aromatic rings. The van der Waals surface area contributed by atoms with Crippen molar-refractivity contribution in [2.75, 3.05) is 18.0 Å². The average molecular weight is 612 g/mol. The molecule has 1 fully saturated rings. The van der Waals surface area contributed by atoms with E-state index in [1.165, 1.54) is 28.9 Å². The van der Waals surface area contributed by atoms with Gasteiger partial charge in [-0.2, -0.15) is 10.2 Å². The highest BCUT2D eigenvalue weighted by molar-refractivity contribution is 5.92. The quantitative estimate of drug-likeness (QED) is 0.240. The van der Waals surface area contributed by atoms with Gasteiger partial charge in [-0.15, -0.1) is 0 Å². The van der Waals surface area contributed by atoms with Crippen molar-refractivity contribution >= 4 is 22.8 Å². The maximum atomic E-state index is 16.0. The van der Waals surface area contributed by atoms with Crippen LogP contribution in [0.15, 0.2) is 66.1 Å². The molecule has 1 aromatic carbocycles. The van der Waals surface area contributed by atoms with Crippen LogP contribution in [-0.4, -0.2) is 60.6 Å². The van der Waals surface area contributed by atoms with E-state index in [0.717, 1.165) is 12.1 Å². The van der Waals surface area contributed by atoms with Crippen LogP contribution in [0.5, 0.6) is 5.75 Å². The van der Waals surface area contributed by atoms with Gasteiger partial charge < -0.3 is 14.9 Å². The van der Waals surface area contributed by atoms with Gasteiger partial charge in [0.25, 0.3) is 0 Å². The zero-order valence-electron chi connectivity index (χ0n) is 25.2. The standard InChI is InChI=1S/C33H31F2N7O3/c1-6-26(44)41-16-20(5)40(17-21(41)9-8-13-36)31-22-15-24(35)29(27-23(34)10-7-11-25(27)43)38-32(22)42(33(45)39-31)30-19(4)12-14-37-28(30)18(2)3/h6-12,14-15,18,20-21,43H,1,16-17H2,2-5H3/b9-8+/t20-,21?/m0/s1. The minimum Gasteiger partial charge on any atom is -0.507 e. The number of aryl methyl sites for hydroxylation is 1. The largest absolute Gasteiger partial charge is 0.507 e. The first-order chi connectivity index (χ1) is 21.5. The minimum absolute atomic E-state index is 0.0250. The third-order valence-electron chi connectivity index (χ3n) is 7.85. The van der Waals surface area contributed by atoms with Crippen LogP contribution >= 0.6 is 0 Å². The molecule has 0 aliphatic carbocycles. The number of halogens is 2. The van der Waals surface area contributed by atoms with Crippen LogP contribution in [0, 0.1) is 29.9 Å². The van der Waals surface area contributed by atoms with E-state index in [4.69, 9.17) is 0 Å². The normalized spacial score (nSPS) is 16.8. The Morgan fingerprint density at radius 2 is 1.96 bits per heavy atom. The van der Waals surface area contributed by atoms with Crippen molar-refractivity contribution in [1.82, 2.24) is 24.4 Å². The molecule has 45 heavy (non-hydrogen) atoms. The Labute approximate surface area is 258 Å². The number of carbonyl (C=O) groups is 1. The lowest BCUT2D eigenvalue weighted by molar-refractivity contribution is -0.128. The van der Waals surface area contributed by atoms with Gasteiger partial charge in [-0.25, -0.2) is 23.1 Å². The van der Waals surface area contributed by atoms with E-state index >= 15 is 8.78 Å². The van der Waals surface area contributed by atoms with Crippen molar-refractivity contribution < 1.29 is 18.7 Å². The number of aromatic nitrogens is 4. The zero-order chi connectivity index (χ0) is 32.6. The van der Waals surface area contributed by atoms with Crippen molar-refractivity contribution in [1.29, 1.82) is 5.26 Å². The summed E-state index contributed by atoms with van der Waals surface area (Å²) in [5.41, 5.74) is -0.0373. The maximum absolute atomic E-state index is 16.0. The summed E-state index contributed by atoms with van der Waals surface area (Å²) in [6, 6.07) is 7.37. The van der Waals surface area contributed by atoms with Crippen LogP contribution in [0.25, 0.3) is 28.0 Å². The zero-order valence-corrected chi connectivity index (χ0v) is 25.2. The first-order valence-electron chi connectivity index (χ1n) is 14.3. The Kier molecular flexibility index (Phi) is 8.46. The van der Waals surface area contributed by atoms with E-state index in [1.54, 1.807) is 35.1 Å². The topological polar surface area (TPSA) is 128 Å². The summed E-state index contributed by atoms with van der Waals surface area (Å²) in [6.07, 6.45) is 5.64. The van der Waals surface area contributed by atoms with E-state index in [2.05, 4.69) is 21.5 Å². The van der Waals surface area contributed by atoms with Gasteiger partial charge >= 0.3 is 5.69 Å². The van der Waals surface area contributed by atoms with E-state index in [0.29, 0.717) is 16.9 Å². The summed E-state index contributed by atoms with van der Waals surface area (Å²) in [7, 11) is 0. The lowest BCUT2D eigenvalue weighted by atomic mass is 10.0. The van der Waals surface area contributed by atoms with E-state index in [9.17, 15) is 20.0 Å². The first kappa shape index (κ1) is 31.0. The minimum atomic E-state index is -0.947. The lowest BCUT2D eigenvalue weighted by Gasteiger charge is -2.44. The monoisotopic (exact) mass is 611 g/mol. The van der Waals surface area contributed by atoms with Crippen molar-refractivity contribution in [3.8, 4) is 28.8 Å². The molecule has 0 radical (unpaired) electrons. The van der Waals surface area contributed by atoms with E-state index in [-0.39, 0.29) is 41.8 Å². The molecule has 5 rings (SSSR count). The number of carbonyl (C=O) groups excluding carboxylic acids is 1. The van der Waals surface area contributed by atoms with E-state index in [1.807, 2.05) is 26.8 Å². The van der Waals surface area contributed by atoms with Gasteiger partial charge in [-0.1, -0.05) is 26.5 Å². The smallest absolute Gasteiger partial charge is 0.355 e. The SMILES string of the molecule is C=CC(=O)N1C[C@H](C)N(c2nc(=O)n(-c3c(C)ccnc3C(C)C)c3nc(-c4c(O)cccc4F)c(F)cc23)CC1/C=C/C#N. The van der Waals surface area contributed by atoms with Crippen molar-refractivity contribution in [2.24, 2.45) is 0 Å². The second-order valence-corrected chi connectivity index (χ2v) is 11.1. The van der Waals surface area contributed by atoms with Gasteiger partial charge in [-0.05, 0) is 61.7 Å². The molecule has 1 amide bonds. The number of anilines is 1. The van der Waals surface area contributed by atoms with Crippen LogP contribution in [0.3, 0.4) is 0 Å². The van der Waals surface area contributed by atoms with Gasteiger partial charge in [0.05, 0.1) is 34.4 Å². The number of phenols is 1. The Hall–Kier alpha value is -5.44. The second-order valence-electron chi connectivity index (χ2n) is 11.1. The van der Waals surface area contributed by atoms with Crippen molar-refractivity contribution in [3.05, 3.63) is 94.7 Å². The molecule has 1 N–H and O–H groups in total.